The van der Waals surface area contributed by atoms with E-state index in [1.807, 2.05) is 0 Å². The van der Waals surface area contributed by atoms with Crippen LogP contribution in [0.1, 0.15) is 33.5 Å². The molecule has 30 heavy (non-hydrogen) atoms. The Hall–Kier alpha value is -3.94. The SMILES string of the molecule is CCOC(=O)c1ccc2oc(N(C)C(=O)c3nc4ccccc4[n+]([O-])c3C)cc2c1. The van der Waals surface area contributed by atoms with Crippen LogP contribution in [0.15, 0.2) is 52.9 Å². The summed E-state index contributed by atoms with van der Waals surface area (Å²) in [6, 6.07) is 13.4. The van der Waals surface area contributed by atoms with Crippen LogP contribution in [0, 0.1) is 12.1 Å². The van der Waals surface area contributed by atoms with E-state index < -0.39 is 11.9 Å². The number of para-hydroxylation sites is 2. The van der Waals surface area contributed by atoms with Gasteiger partial charge in [0.1, 0.15) is 11.1 Å². The number of carbonyl (C=O) groups excluding carboxylic acids is 2. The predicted octanol–water partition coefficient (Wildman–Crippen LogP) is 3.38. The number of anilines is 1. The van der Waals surface area contributed by atoms with E-state index in [0.29, 0.717) is 32.3 Å². The quantitative estimate of drug-likeness (QED) is 0.293. The average Bonchev–Trinajstić information content (AvgIpc) is 3.18. The third-order valence-electron chi connectivity index (χ3n) is 4.83. The maximum Gasteiger partial charge on any atom is 0.338 e. The molecule has 0 aliphatic carbocycles. The number of nitrogens with zero attached hydrogens (tertiary/aromatic N) is 3. The minimum atomic E-state index is -0.479. The van der Waals surface area contributed by atoms with Gasteiger partial charge in [0.15, 0.2) is 5.69 Å². The lowest BCUT2D eigenvalue weighted by Gasteiger charge is -2.15. The van der Waals surface area contributed by atoms with Crippen molar-refractivity contribution >= 4 is 39.8 Å². The summed E-state index contributed by atoms with van der Waals surface area (Å²) in [5, 5.41) is 13.2. The van der Waals surface area contributed by atoms with Crippen molar-refractivity contribution in [3.8, 4) is 0 Å². The topological polar surface area (TPSA) is 99.6 Å². The molecule has 4 rings (SSSR count). The fraction of sp³-hybridized carbons (Fsp3) is 0.182. The molecule has 0 saturated heterocycles. The van der Waals surface area contributed by atoms with Crippen molar-refractivity contribution in [3.05, 3.63) is 70.7 Å². The van der Waals surface area contributed by atoms with Crippen LogP contribution < -0.4 is 9.63 Å². The number of amides is 1. The van der Waals surface area contributed by atoms with E-state index in [1.165, 1.54) is 11.9 Å². The molecule has 0 aliphatic rings. The number of fused-ring (bicyclic) bond motifs is 2. The minimum absolute atomic E-state index is 0.0406. The molecule has 4 aromatic rings. The molecule has 8 heteroatoms. The van der Waals surface area contributed by atoms with Gasteiger partial charge in [-0.25, -0.2) is 9.78 Å². The third kappa shape index (κ3) is 3.22. The molecular weight excluding hydrogens is 386 g/mol. The summed E-state index contributed by atoms with van der Waals surface area (Å²) < 4.78 is 11.5. The highest BCUT2D eigenvalue weighted by molar-refractivity contribution is 6.06. The molecule has 0 spiro atoms. The van der Waals surface area contributed by atoms with E-state index in [4.69, 9.17) is 9.15 Å². The van der Waals surface area contributed by atoms with Gasteiger partial charge in [-0.2, -0.15) is 4.73 Å². The molecule has 8 nitrogen and oxygen atoms in total. The summed E-state index contributed by atoms with van der Waals surface area (Å²) in [7, 11) is 1.54. The van der Waals surface area contributed by atoms with E-state index >= 15 is 0 Å². The zero-order chi connectivity index (χ0) is 21.4. The molecule has 2 aromatic carbocycles. The number of esters is 1. The van der Waals surface area contributed by atoms with Crippen LogP contribution in [-0.4, -0.2) is 30.5 Å². The lowest BCUT2D eigenvalue weighted by atomic mass is 10.1. The van der Waals surface area contributed by atoms with Gasteiger partial charge in [-0.05, 0) is 31.2 Å². The molecular formula is C22H19N3O5. The Morgan fingerprint density at radius 3 is 2.73 bits per heavy atom. The molecule has 0 saturated carbocycles. The molecule has 0 unspecified atom stereocenters. The number of ether oxygens (including phenoxy) is 1. The number of hydrogen-bond acceptors (Lipinski definition) is 6. The molecule has 2 aromatic heterocycles. The summed E-state index contributed by atoms with van der Waals surface area (Å²) in [4.78, 5) is 30.7. The Bertz CT molecular complexity index is 1290. The summed E-state index contributed by atoms with van der Waals surface area (Å²) in [5.74, 6) is -0.641. The van der Waals surface area contributed by atoms with Gasteiger partial charge in [0, 0.05) is 31.5 Å². The largest absolute Gasteiger partial charge is 0.618 e. The second-order valence-electron chi connectivity index (χ2n) is 6.75. The van der Waals surface area contributed by atoms with Crippen LogP contribution in [-0.2, 0) is 4.74 Å². The fourth-order valence-electron chi connectivity index (χ4n) is 3.21. The third-order valence-corrected chi connectivity index (χ3v) is 4.83. The van der Waals surface area contributed by atoms with Crippen molar-refractivity contribution in [1.29, 1.82) is 0 Å². The normalized spacial score (nSPS) is 11.0. The van der Waals surface area contributed by atoms with Crippen molar-refractivity contribution < 1.29 is 23.5 Å². The van der Waals surface area contributed by atoms with Gasteiger partial charge in [0.25, 0.3) is 5.91 Å². The zero-order valence-electron chi connectivity index (χ0n) is 16.7. The predicted molar refractivity (Wildman–Crippen MR) is 110 cm³/mol. The lowest BCUT2D eigenvalue weighted by molar-refractivity contribution is -0.584. The number of benzene rings is 2. The van der Waals surface area contributed by atoms with Crippen LogP contribution in [0.25, 0.3) is 22.0 Å². The van der Waals surface area contributed by atoms with Gasteiger partial charge in [0.2, 0.25) is 17.1 Å². The van der Waals surface area contributed by atoms with Crippen molar-refractivity contribution in [1.82, 2.24) is 4.98 Å². The Labute approximate surface area is 171 Å². The number of furan rings is 1. The minimum Gasteiger partial charge on any atom is -0.618 e. The second-order valence-corrected chi connectivity index (χ2v) is 6.75. The molecule has 152 valence electrons. The van der Waals surface area contributed by atoms with Gasteiger partial charge in [-0.15, -0.1) is 0 Å². The van der Waals surface area contributed by atoms with Crippen molar-refractivity contribution in [3.63, 3.8) is 0 Å². The Morgan fingerprint density at radius 1 is 1.20 bits per heavy atom. The Balaban J connectivity index is 1.70. The van der Waals surface area contributed by atoms with Gasteiger partial charge in [0.05, 0.1) is 12.2 Å². The van der Waals surface area contributed by atoms with E-state index in [0.717, 1.165) is 0 Å². The molecule has 0 aliphatic heterocycles. The number of rotatable bonds is 4. The van der Waals surface area contributed by atoms with Gasteiger partial charge in [-0.3, -0.25) is 9.69 Å². The van der Waals surface area contributed by atoms with Crippen molar-refractivity contribution in [2.75, 3.05) is 18.6 Å². The molecule has 0 N–H and O–H groups in total. The highest BCUT2D eigenvalue weighted by atomic mass is 16.5. The Kier molecular flexibility index (Phi) is 4.83. The molecule has 1 amide bonds. The van der Waals surface area contributed by atoms with E-state index in [9.17, 15) is 14.8 Å². The van der Waals surface area contributed by atoms with Crippen LogP contribution >= 0.6 is 0 Å². The molecule has 0 bridgehead atoms. The van der Waals surface area contributed by atoms with Crippen molar-refractivity contribution in [2.45, 2.75) is 13.8 Å². The van der Waals surface area contributed by atoms with Crippen LogP contribution in [0.3, 0.4) is 0 Å². The summed E-state index contributed by atoms with van der Waals surface area (Å²) in [5.41, 5.74) is 1.97. The highest BCUT2D eigenvalue weighted by Crippen LogP contribution is 2.27. The number of hydrogen-bond donors (Lipinski definition) is 0. The monoisotopic (exact) mass is 405 g/mol. The number of aromatic nitrogens is 2. The zero-order valence-corrected chi connectivity index (χ0v) is 16.7. The first-order chi connectivity index (χ1) is 14.4. The molecule has 0 fully saturated rings. The van der Waals surface area contributed by atoms with Crippen LogP contribution in [0.4, 0.5) is 5.88 Å². The highest BCUT2D eigenvalue weighted by Gasteiger charge is 2.26. The van der Waals surface area contributed by atoms with Gasteiger partial charge >= 0.3 is 5.97 Å². The first kappa shape index (κ1) is 19.4. The summed E-state index contributed by atoms with van der Waals surface area (Å²) in [6.07, 6.45) is 0. The molecule has 0 radical (unpaired) electrons. The summed E-state index contributed by atoms with van der Waals surface area (Å²) in [6.45, 7) is 3.57. The van der Waals surface area contributed by atoms with Crippen LogP contribution in [0.5, 0.6) is 0 Å². The van der Waals surface area contributed by atoms with Crippen LogP contribution in [0.2, 0.25) is 0 Å². The smallest absolute Gasteiger partial charge is 0.338 e. The van der Waals surface area contributed by atoms with E-state index in [2.05, 4.69) is 4.98 Å². The molecule has 0 atom stereocenters. The van der Waals surface area contributed by atoms with Crippen molar-refractivity contribution in [2.24, 2.45) is 0 Å². The Morgan fingerprint density at radius 2 is 1.97 bits per heavy atom. The first-order valence-electron chi connectivity index (χ1n) is 9.38. The lowest BCUT2D eigenvalue weighted by Crippen LogP contribution is -2.37. The van der Waals surface area contributed by atoms with Gasteiger partial charge < -0.3 is 14.4 Å². The maximum absolute atomic E-state index is 13.1. The second kappa shape index (κ2) is 7.47. The maximum atomic E-state index is 13.1. The fourth-order valence-corrected chi connectivity index (χ4v) is 3.21. The van der Waals surface area contributed by atoms with E-state index in [-0.39, 0.29) is 23.9 Å². The van der Waals surface area contributed by atoms with E-state index in [1.54, 1.807) is 62.4 Å². The standard InChI is InChI=1S/C22H19N3O5/c1-4-29-22(27)14-9-10-18-15(11-14)12-19(30-18)24(3)21(26)20-13(2)25(28)17-8-6-5-7-16(17)23-20/h5-12H,4H2,1-3H3. The van der Waals surface area contributed by atoms with Gasteiger partial charge in [-0.1, -0.05) is 12.1 Å². The first-order valence-corrected chi connectivity index (χ1v) is 9.38. The molecule has 2 heterocycles. The summed E-state index contributed by atoms with van der Waals surface area (Å²) >= 11 is 0. The number of carbonyl (C=O) groups is 2. The average molecular weight is 405 g/mol.